The van der Waals surface area contributed by atoms with Crippen molar-refractivity contribution in [1.82, 2.24) is 0 Å². The molecule has 3 fully saturated rings. The third kappa shape index (κ3) is 1.71. The van der Waals surface area contributed by atoms with E-state index in [1.807, 2.05) is 19.9 Å². The maximum absolute atomic E-state index is 13.0. The van der Waals surface area contributed by atoms with Crippen LogP contribution in [0, 0.1) is 22.7 Å². The van der Waals surface area contributed by atoms with Crippen molar-refractivity contribution in [2.45, 2.75) is 65.4 Å². The first-order chi connectivity index (χ1) is 10.7. The Labute approximate surface area is 138 Å². The number of ketones is 1. The minimum atomic E-state index is -0.630. The minimum Gasteiger partial charge on any atom is -0.449 e. The Morgan fingerprint density at radius 2 is 1.91 bits per heavy atom. The largest absolute Gasteiger partial charge is 0.449 e. The van der Waals surface area contributed by atoms with E-state index in [1.165, 1.54) is 0 Å². The van der Waals surface area contributed by atoms with Crippen LogP contribution in [0.5, 0.6) is 0 Å². The number of carbonyl (C=O) groups is 2. The molecule has 1 aliphatic heterocycles. The summed E-state index contributed by atoms with van der Waals surface area (Å²) >= 11 is 0. The maximum atomic E-state index is 13.0. The summed E-state index contributed by atoms with van der Waals surface area (Å²) in [5, 5.41) is 0. The van der Waals surface area contributed by atoms with Crippen LogP contribution in [0.25, 0.3) is 0 Å². The summed E-state index contributed by atoms with van der Waals surface area (Å²) in [4.78, 5) is 25.7. The normalized spacial score (nSPS) is 41.0. The van der Waals surface area contributed by atoms with Gasteiger partial charge in [-0.25, -0.2) is 0 Å². The average Bonchev–Trinajstić information content (AvgIpc) is 2.59. The molecule has 0 amide bonds. The second kappa shape index (κ2) is 4.37. The van der Waals surface area contributed by atoms with Crippen LogP contribution in [0.15, 0.2) is 23.3 Å². The van der Waals surface area contributed by atoms with Gasteiger partial charge in [0.2, 0.25) is 0 Å². The molecule has 0 radical (unpaired) electrons. The fraction of sp³-hybridized carbons (Fsp3) is 0.700. The zero-order chi connectivity index (χ0) is 16.6. The van der Waals surface area contributed by atoms with Gasteiger partial charge in [0, 0.05) is 5.57 Å². The highest BCUT2D eigenvalue weighted by Gasteiger charge is 2.70. The van der Waals surface area contributed by atoms with Crippen LogP contribution in [-0.4, -0.2) is 17.4 Å². The van der Waals surface area contributed by atoms with Gasteiger partial charge in [0.05, 0.1) is 5.41 Å². The summed E-state index contributed by atoms with van der Waals surface area (Å²) in [5.74, 6) is 0.450. The van der Waals surface area contributed by atoms with Crippen molar-refractivity contribution >= 4 is 11.8 Å². The Morgan fingerprint density at radius 1 is 1.17 bits per heavy atom. The van der Waals surface area contributed by atoms with Gasteiger partial charge in [-0.3, -0.25) is 9.59 Å². The van der Waals surface area contributed by atoms with Gasteiger partial charge in [-0.1, -0.05) is 34.1 Å². The Hall–Kier alpha value is -1.38. The Bertz CT molecular complexity index is 666. The summed E-state index contributed by atoms with van der Waals surface area (Å²) in [7, 11) is 0. The Balaban J connectivity index is 1.90. The van der Waals surface area contributed by atoms with Crippen molar-refractivity contribution in [2.75, 3.05) is 0 Å². The predicted molar refractivity (Wildman–Crippen MR) is 87.6 cm³/mol. The molecular weight excluding hydrogens is 288 g/mol. The molecule has 0 N–H and O–H groups in total. The average molecular weight is 314 g/mol. The number of carbonyl (C=O) groups excluding carboxylic acids is 2. The lowest BCUT2D eigenvalue weighted by molar-refractivity contribution is -0.155. The quantitative estimate of drug-likeness (QED) is 0.688. The Morgan fingerprint density at radius 3 is 2.61 bits per heavy atom. The summed E-state index contributed by atoms with van der Waals surface area (Å²) in [6, 6.07) is 0. The van der Waals surface area contributed by atoms with E-state index in [-0.39, 0.29) is 23.1 Å². The molecule has 4 aliphatic rings. The zero-order valence-corrected chi connectivity index (χ0v) is 14.6. The number of esters is 1. The molecule has 23 heavy (non-hydrogen) atoms. The lowest BCUT2D eigenvalue weighted by Crippen LogP contribution is -2.52. The molecule has 3 heteroatoms. The smallest absolute Gasteiger partial charge is 0.317 e. The van der Waals surface area contributed by atoms with Crippen LogP contribution in [0.4, 0.5) is 0 Å². The van der Waals surface area contributed by atoms with Crippen molar-refractivity contribution in [2.24, 2.45) is 22.7 Å². The summed E-state index contributed by atoms with van der Waals surface area (Å²) < 4.78 is 6.02. The third-order valence-corrected chi connectivity index (χ3v) is 6.88. The first-order valence-corrected chi connectivity index (χ1v) is 8.96. The number of allylic oxidation sites excluding steroid dienone is 2. The molecule has 2 saturated carbocycles. The molecule has 1 unspecified atom stereocenters. The van der Waals surface area contributed by atoms with Crippen molar-refractivity contribution in [3.05, 3.63) is 23.3 Å². The van der Waals surface area contributed by atoms with E-state index < -0.39 is 11.0 Å². The molecule has 0 aromatic carbocycles. The Kier molecular flexibility index (Phi) is 2.88. The predicted octanol–water partition coefficient (Wildman–Crippen LogP) is 3.98. The van der Waals surface area contributed by atoms with E-state index in [1.54, 1.807) is 6.08 Å². The van der Waals surface area contributed by atoms with Gasteiger partial charge >= 0.3 is 5.97 Å². The number of hydrogen-bond donors (Lipinski definition) is 0. The second-order valence-corrected chi connectivity index (χ2v) is 8.86. The van der Waals surface area contributed by atoms with Crippen molar-refractivity contribution in [3.8, 4) is 0 Å². The molecule has 1 heterocycles. The van der Waals surface area contributed by atoms with E-state index in [0.29, 0.717) is 5.92 Å². The molecule has 3 atom stereocenters. The number of rotatable bonds is 1. The number of hydrogen-bond acceptors (Lipinski definition) is 3. The van der Waals surface area contributed by atoms with Gasteiger partial charge in [-0.2, -0.15) is 0 Å². The molecule has 1 saturated heterocycles. The minimum absolute atomic E-state index is 0.0759. The maximum Gasteiger partial charge on any atom is 0.317 e. The van der Waals surface area contributed by atoms with Crippen LogP contribution in [-0.2, 0) is 14.3 Å². The van der Waals surface area contributed by atoms with Crippen molar-refractivity contribution in [1.29, 1.82) is 0 Å². The first kappa shape index (κ1) is 15.2. The highest BCUT2D eigenvalue weighted by Crippen LogP contribution is 2.68. The third-order valence-electron chi connectivity index (χ3n) is 6.88. The first-order valence-electron chi connectivity index (χ1n) is 8.96. The fourth-order valence-corrected chi connectivity index (χ4v) is 5.80. The lowest BCUT2D eigenvalue weighted by Gasteiger charge is -2.53. The van der Waals surface area contributed by atoms with Crippen LogP contribution >= 0.6 is 0 Å². The van der Waals surface area contributed by atoms with E-state index >= 15 is 0 Å². The zero-order valence-electron chi connectivity index (χ0n) is 14.6. The van der Waals surface area contributed by atoms with Crippen LogP contribution in [0.2, 0.25) is 0 Å². The van der Waals surface area contributed by atoms with E-state index in [0.717, 1.165) is 43.3 Å². The number of ether oxygens (including phenoxy) is 1. The molecular formula is C20H26O3. The molecule has 0 aromatic rings. The molecule has 3 nitrogen and oxygen atoms in total. The van der Waals surface area contributed by atoms with Gasteiger partial charge in [-0.15, -0.1) is 0 Å². The van der Waals surface area contributed by atoms with Crippen molar-refractivity contribution in [3.63, 3.8) is 0 Å². The van der Waals surface area contributed by atoms with Crippen LogP contribution in [0.1, 0.15) is 59.8 Å². The van der Waals surface area contributed by atoms with E-state index in [4.69, 9.17) is 4.74 Å². The highest BCUT2D eigenvalue weighted by atomic mass is 16.6. The van der Waals surface area contributed by atoms with Crippen molar-refractivity contribution < 1.29 is 14.3 Å². The van der Waals surface area contributed by atoms with Crippen LogP contribution < -0.4 is 0 Å². The second-order valence-electron chi connectivity index (χ2n) is 8.86. The van der Waals surface area contributed by atoms with Gasteiger partial charge in [0.1, 0.15) is 0 Å². The highest BCUT2D eigenvalue weighted by molar-refractivity contribution is 6.08. The molecule has 3 aliphatic carbocycles. The molecule has 4 rings (SSSR count). The summed E-state index contributed by atoms with van der Waals surface area (Å²) in [5.41, 5.74) is 0.726. The monoisotopic (exact) mass is 314 g/mol. The van der Waals surface area contributed by atoms with Crippen LogP contribution in [0.3, 0.4) is 0 Å². The van der Waals surface area contributed by atoms with Gasteiger partial charge in [0.15, 0.2) is 11.4 Å². The van der Waals surface area contributed by atoms with E-state index in [2.05, 4.69) is 13.8 Å². The molecule has 0 aromatic heterocycles. The van der Waals surface area contributed by atoms with Gasteiger partial charge < -0.3 is 4.74 Å². The van der Waals surface area contributed by atoms with E-state index in [9.17, 15) is 9.59 Å². The molecule has 1 spiro atoms. The van der Waals surface area contributed by atoms with Gasteiger partial charge in [-0.05, 0) is 60.7 Å². The standard InChI is InChI=1S/C20H26O3/c1-12(2)13-11-19-9-6-15-18(3,4)7-5-8-20(15,17(22)23-19)16(19)10-14(13)21/h10-12,15H,5-9H2,1-4H3/t15?,19-,20-/m1/s1. The molecule has 2 bridgehead atoms. The van der Waals surface area contributed by atoms with Gasteiger partial charge in [0.25, 0.3) is 0 Å². The summed E-state index contributed by atoms with van der Waals surface area (Å²) in [6.07, 6.45) is 8.60. The SMILES string of the molecule is CC(C)C1=C[C@@]23CCC4C(C)(C)CCC[C@]4(C(=O)O2)C3=CC1=O. The molecule has 124 valence electrons. The fourth-order valence-electron chi connectivity index (χ4n) is 5.80. The lowest BCUT2D eigenvalue weighted by atomic mass is 9.47. The summed E-state index contributed by atoms with van der Waals surface area (Å²) in [6.45, 7) is 8.61. The topological polar surface area (TPSA) is 43.4 Å².